The summed E-state index contributed by atoms with van der Waals surface area (Å²) in [6.45, 7) is 0.621. The largest absolute Gasteiger partial charge is 0.506 e. The fourth-order valence-corrected chi connectivity index (χ4v) is 4.84. The van der Waals surface area contributed by atoms with Gasteiger partial charge in [0.1, 0.15) is 10.1 Å². The van der Waals surface area contributed by atoms with E-state index in [0.29, 0.717) is 46.5 Å². The third-order valence-corrected chi connectivity index (χ3v) is 6.70. The number of amides is 2. The summed E-state index contributed by atoms with van der Waals surface area (Å²) in [5, 5.41) is 23.1. The van der Waals surface area contributed by atoms with Crippen molar-refractivity contribution in [1.82, 2.24) is 4.90 Å². The van der Waals surface area contributed by atoms with Gasteiger partial charge in [-0.1, -0.05) is 36.5 Å². The van der Waals surface area contributed by atoms with Gasteiger partial charge < -0.3 is 19.9 Å². The van der Waals surface area contributed by atoms with Gasteiger partial charge in [0.15, 0.2) is 11.5 Å². The molecule has 2 aliphatic rings. The maximum absolute atomic E-state index is 12.8. The first-order chi connectivity index (χ1) is 16.8. The Morgan fingerprint density at radius 1 is 1.20 bits per heavy atom. The average Bonchev–Trinajstić information content (AvgIpc) is 3.39. The van der Waals surface area contributed by atoms with Crippen LogP contribution in [0.25, 0.3) is 6.08 Å². The van der Waals surface area contributed by atoms with Crippen LogP contribution in [0.4, 0.5) is 11.4 Å². The fraction of sp³-hybridized carbons (Fsp3) is 0.261. The number of fused-ring (bicyclic) bond motifs is 1. The van der Waals surface area contributed by atoms with Crippen molar-refractivity contribution in [3.8, 4) is 17.2 Å². The summed E-state index contributed by atoms with van der Waals surface area (Å²) in [5.41, 5.74) is 0.584. The predicted molar refractivity (Wildman–Crippen MR) is 134 cm³/mol. The molecule has 4 rings (SSSR count). The molecule has 182 valence electrons. The topological polar surface area (TPSA) is 131 Å². The zero-order chi connectivity index (χ0) is 24.9. The van der Waals surface area contributed by atoms with Crippen molar-refractivity contribution >= 4 is 57.6 Å². The molecule has 1 saturated heterocycles. The molecule has 0 aromatic heterocycles. The standard InChI is InChI=1S/C23H21N3O7S2/c27-17-7-6-15(26(30)31)12-16(17)24-21(28)4-2-1-3-9-25-22(29)20(35-23(25)34)11-14-5-8-18-19(10-14)33-13-32-18/h5-8,10-12,27H,1-4,9,13H2,(H,24,28). The molecule has 12 heteroatoms. The van der Waals surface area contributed by atoms with Crippen LogP contribution in [0.1, 0.15) is 31.2 Å². The second-order valence-electron chi connectivity index (χ2n) is 7.76. The predicted octanol–water partition coefficient (Wildman–Crippen LogP) is 4.43. The van der Waals surface area contributed by atoms with Crippen LogP contribution in [0.5, 0.6) is 17.2 Å². The number of unbranched alkanes of at least 4 members (excludes halogenated alkanes) is 2. The van der Waals surface area contributed by atoms with Crippen LogP contribution in [-0.2, 0) is 9.59 Å². The number of nitro benzene ring substituents is 1. The zero-order valence-corrected chi connectivity index (χ0v) is 20.0. The number of benzene rings is 2. The molecular formula is C23H21N3O7S2. The molecule has 2 aliphatic heterocycles. The molecule has 35 heavy (non-hydrogen) atoms. The van der Waals surface area contributed by atoms with Crippen LogP contribution in [-0.4, -0.2) is 44.4 Å². The van der Waals surface area contributed by atoms with Gasteiger partial charge in [-0.2, -0.15) is 0 Å². The maximum atomic E-state index is 12.8. The molecule has 0 unspecified atom stereocenters. The number of phenolic OH excluding ortho intramolecular Hbond substituents is 1. The minimum atomic E-state index is -0.604. The number of nitro groups is 1. The SMILES string of the molecule is O=C(CCCCCN1C(=O)C(=Cc2ccc3c(c2)OCO3)SC1=S)Nc1cc([N+](=O)[O-])ccc1O. The Balaban J connectivity index is 1.23. The van der Waals surface area contributed by atoms with E-state index in [1.165, 1.54) is 11.8 Å². The number of rotatable bonds is 9. The van der Waals surface area contributed by atoms with E-state index in [0.717, 1.165) is 23.8 Å². The number of phenols is 1. The Labute approximate surface area is 210 Å². The summed E-state index contributed by atoms with van der Waals surface area (Å²) < 4.78 is 11.2. The summed E-state index contributed by atoms with van der Waals surface area (Å²) >= 11 is 6.62. The second-order valence-corrected chi connectivity index (χ2v) is 9.44. The molecule has 0 aliphatic carbocycles. The first-order valence-corrected chi connectivity index (χ1v) is 12.0. The number of nitrogens with one attached hydrogen (secondary N) is 1. The number of hydrogen-bond acceptors (Lipinski definition) is 9. The van der Waals surface area contributed by atoms with Crippen molar-refractivity contribution in [3.63, 3.8) is 0 Å². The van der Waals surface area contributed by atoms with Crippen molar-refractivity contribution in [3.05, 3.63) is 57.0 Å². The number of carbonyl (C=O) groups is 2. The molecule has 2 N–H and O–H groups in total. The summed E-state index contributed by atoms with van der Waals surface area (Å²) in [5.74, 6) is 0.547. The number of carbonyl (C=O) groups excluding carboxylic acids is 2. The number of aromatic hydroxyl groups is 1. The molecule has 2 amide bonds. The number of ether oxygens (including phenoxy) is 2. The fourth-order valence-electron chi connectivity index (χ4n) is 3.53. The van der Waals surface area contributed by atoms with Crippen LogP contribution < -0.4 is 14.8 Å². The highest BCUT2D eigenvalue weighted by Gasteiger charge is 2.31. The summed E-state index contributed by atoms with van der Waals surface area (Å²) in [6, 6.07) is 8.89. The number of anilines is 1. The van der Waals surface area contributed by atoms with Crippen molar-refractivity contribution in [2.75, 3.05) is 18.7 Å². The molecule has 10 nitrogen and oxygen atoms in total. The first kappa shape index (κ1) is 24.5. The van der Waals surface area contributed by atoms with Gasteiger partial charge >= 0.3 is 0 Å². The Bertz CT molecular complexity index is 1230. The van der Waals surface area contributed by atoms with Crippen molar-refractivity contribution in [2.45, 2.75) is 25.7 Å². The maximum Gasteiger partial charge on any atom is 0.271 e. The zero-order valence-electron chi connectivity index (χ0n) is 18.4. The Morgan fingerprint density at radius 3 is 2.80 bits per heavy atom. The minimum absolute atomic E-state index is 0.00369. The highest BCUT2D eigenvalue weighted by Crippen LogP contribution is 2.36. The molecule has 0 bridgehead atoms. The van der Waals surface area contributed by atoms with E-state index in [2.05, 4.69) is 5.32 Å². The van der Waals surface area contributed by atoms with E-state index in [4.69, 9.17) is 21.7 Å². The normalized spacial score (nSPS) is 15.7. The van der Waals surface area contributed by atoms with E-state index in [-0.39, 0.29) is 42.2 Å². The van der Waals surface area contributed by atoms with Gasteiger partial charge in [-0.05, 0) is 42.7 Å². The second kappa shape index (κ2) is 10.7. The molecule has 0 saturated carbocycles. The van der Waals surface area contributed by atoms with Gasteiger partial charge in [0.2, 0.25) is 12.7 Å². The lowest BCUT2D eigenvalue weighted by molar-refractivity contribution is -0.384. The molecule has 2 heterocycles. The number of hydrogen-bond donors (Lipinski definition) is 2. The van der Waals surface area contributed by atoms with Crippen molar-refractivity contribution < 1.29 is 29.1 Å². The van der Waals surface area contributed by atoms with Crippen molar-refractivity contribution in [1.29, 1.82) is 0 Å². The summed E-state index contributed by atoms with van der Waals surface area (Å²) in [6.07, 6.45) is 3.81. The van der Waals surface area contributed by atoms with Gasteiger partial charge in [0, 0.05) is 25.1 Å². The molecule has 0 spiro atoms. The summed E-state index contributed by atoms with van der Waals surface area (Å²) in [4.78, 5) is 37.3. The van der Waals surface area contributed by atoms with Gasteiger partial charge in [-0.25, -0.2) is 0 Å². The molecule has 1 fully saturated rings. The van der Waals surface area contributed by atoms with Crippen molar-refractivity contribution in [2.24, 2.45) is 0 Å². The van der Waals surface area contributed by atoms with Crippen LogP contribution in [0.2, 0.25) is 0 Å². The minimum Gasteiger partial charge on any atom is -0.506 e. The molecule has 2 aromatic carbocycles. The van der Waals surface area contributed by atoms with Gasteiger partial charge in [-0.15, -0.1) is 0 Å². The number of non-ortho nitro benzene ring substituents is 1. The van der Waals surface area contributed by atoms with Gasteiger partial charge in [0.25, 0.3) is 11.6 Å². The third-order valence-electron chi connectivity index (χ3n) is 5.32. The highest BCUT2D eigenvalue weighted by molar-refractivity contribution is 8.26. The first-order valence-electron chi connectivity index (χ1n) is 10.7. The lowest BCUT2D eigenvalue weighted by Crippen LogP contribution is -2.29. The quantitative estimate of drug-likeness (QED) is 0.124. The molecular weight excluding hydrogens is 494 g/mol. The number of thioether (sulfide) groups is 1. The lowest BCUT2D eigenvalue weighted by atomic mass is 10.1. The molecule has 0 radical (unpaired) electrons. The highest BCUT2D eigenvalue weighted by atomic mass is 32.2. The number of thiocarbonyl (C=S) groups is 1. The molecule has 2 aromatic rings. The van der Waals surface area contributed by atoms with Gasteiger partial charge in [-0.3, -0.25) is 24.6 Å². The molecule has 0 atom stereocenters. The van der Waals surface area contributed by atoms with Gasteiger partial charge in [0.05, 0.1) is 15.5 Å². The Morgan fingerprint density at radius 2 is 2.00 bits per heavy atom. The lowest BCUT2D eigenvalue weighted by Gasteiger charge is -2.14. The third kappa shape index (κ3) is 5.89. The average molecular weight is 516 g/mol. The van der Waals surface area contributed by atoms with Crippen LogP contribution in [0, 0.1) is 10.1 Å². The van der Waals surface area contributed by atoms with E-state index in [9.17, 15) is 24.8 Å². The number of nitrogens with zero attached hydrogens (tertiary/aromatic N) is 2. The Hall–Kier alpha value is -3.64. The van der Waals surface area contributed by atoms with Crippen LogP contribution >= 0.6 is 24.0 Å². The van der Waals surface area contributed by atoms with E-state index in [1.807, 2.05) is 12.1 Å². The van der Waals surface area contributed by atoms with Crippen LogP contribution in [0.3, 0.4) is 0 Å². The van der Waals surface area contributed by atoms with E-state index in [1.54, 1.807) is 17.0 Å². The van der Waals surface area contributed by atoms with Crippen LogP contribution in [0.15, 0.2) is 41.3 Å². The summed E-state index contributed by atoms with van der Waals surface area (Å²) in [7, 11) is 0. The Kier molecular flexibility index (Phi) is 7.51. The van der Waals surface area contributed by atoms with E-state index >= 15 is 0 Å². The monoisotopic (exact) mass is 515 g/mol. The smallest absolute Gasteiger partial charge is 0.271 e. The van der Waals surface area contributed by atoms with E-state index < -0.39 is 4.92 Å².